The van der Waals surface area contributed by atoms with Crippen molar-refractivity contribution in [1.82, 2.24) is 10.3 Å². The topological polar surface area (TPSA) is 54.0 Å². The highest BCUT2D eigenvalue weighted by Crippen LogP contribution is 2.24. The molecule has 2 unspecified atom stereocenters. The number of rotatable bonds is 5. The Labute approximate surface area is 131 Å². The lowest BCUT2D eigenvalue weighted by Crippen LogP contribution is -2.38. The number of hydrogen-bond acceptors (Lipinski definition) is 3. The fourth-order valence-corrected chi connectivity index (χ4v) is 2.96. The standard InChI is InChI=1S/C16H24ClN3O/c1-3-9-18-14-8-7-13(17)15(20-14)16(21)19-12-6-4-5-11(2)10-12/h7-8,11-12H,3-6,9-10H2,1-2H3,(H,18,20)(H,19,21). The highest BCUT2D eigenvalue weighted by molar-refractivity contribution is 6.33. The van der Waals surface area contributed by atoms with E-state index in [-0.39, 0.29) is 11.9 Å². The van der Waals surface area contributed by atoms with Gasteiger partial charge >= 0.3 is 0 Å². The Morgan fingerprint density at radius 2 is 2.24 bits per heavy atom. The van der Waals surface area contributed by atoms with Gasteiger partial charge in [-0.3, -0.25) is 4.79 Å². The second kappa shape index (κ2) is 7.64. The van der Waals surface area contributed by atoms with Crippen LogP contribution in [-0.2, 0) is 0 Å². The maximum absolute atomic E-state index is 12.4. The summed E-state index contributed by atoms with van der Waals surface area (Å²) >= 11 is 6.12. The molecule has 1 heterocycles. The van der Waals surface area contributed by atoms with E-state index in [4.69, 9.17) is 11.6 Å². The fraction of sp³-hybridized carbons (Fsp3) is 0.625. The SMILES string of the molecule is CCCNc1ccc(Cl)c(C(=O)NC2CCCC(C)C2)n1. The third kappa shape index (κ3) is 4.60. The van der Waals surface area contributed by atoms with Crippen LogP contribution in [0.25, 0.3) is 0 Å². The van der Waals surface area contributed by atoms with Crippen LogP contribution < -0.4 is 10.6 Å². The number of carbonyl (C=O) groups is 1. The van der Waals surface area contributed by atoms with E-state index in [1.54, 1.807) is 12.1 Å². The highest BCUT2D eigenvalue weighted by Gasteiger charge is 2.22. The van der Waals surface area contributed by atoms with E-state index in [9.17, 15) is 4.79 Å². The molecule has 4 nitrogen and oxygen atoms in total. The molecule has 1 saturated carbocycles. The van der Waals surface area contributed by atoms with Crippen molar-refractivity contribution in [2.45, 2.75) is 52.0 Å². The summed E-state index contributed by atoms with van der Waals surface area (Å²) in [4.78, 5) is 16.7. The Morgan fingerprint density at radius 3 is 2.95 bits per heavy atom. The molecule has 1 aliphatic rings. The van der Waals surface area contributed by atoms with Crippen molar-refractivity contribution >= 4 is 23.3 Å². The first-order valence-corrected chi connectivity index (χ1v) is 8.19. The number of nitrogens with zero attached hydrogens (tertiary/aromatic N) is 1. The molecule has 2 N–H and O–H groups in total. The molecule has 1 aromatic heterocycles. The lowest BCUT2D eigenvalue weighted by Gasteiger charge is -2.27. The van der Waals surface area contributed by atoms with Gasteiger partial charge in [-0.25, -0.2) is 4.98 Å². The molecule has 1 fully saturated rings. The van der Waals surface area contributed by atoms with Gasteiger partial charge in [-0.2, -0.15) is 0 Å². The average molecular weight is 310 g/mol. The maximum Gasteiger partial charge on any atom is 0.271 e. The van der Waals surface area contributed by atoms with Crippen molar-refractivity contribution in [3.8, 4) is 0 Å². The number of amides is 1. The van der Waals surface area contributed by atoms with Gasteiger partial charge in [0.05, 0.1) is 5.02 Å². The van der Waals surface area contributed by atoms with Gasteiger partial charge in [0.1, 0.15) is 11.5 Å². The molecule has 0 aromatic carbocycles. The predicted octanol–water partition coefficient (Wildman–Crippen LogP) is 3.87. The number of anilines is 1. The van der Waals surface area contributed by atoms with Crippen LogP contribution in [0.5, 0.6) is 0 Å². The van der Waals surface area contributed by atoms with Gasteiger partial charge in [0.2, 0.25) is 0 Å². The minimum atomic E-state index is -0.167. The number of aromatic nitrogens is 1. The maximum atomic E-state index is 12.4. The Kier molecular flexibility index (Phi) is 5.85. The van der Waals surface area contributed by atoms with Crippen molar-refractivity contribution < 1.29 is 4.79 Å². The first kappa shape index (κ1) is 16.1. The van der Waals surface area contributed by atoms with Gasteiger partial charge in [-0.15, -0.1) is 0 Å². The van der Waals surface area contributed by atoms with Crippen molar-refractivity contribution in [3.05, 3.63) is 22.8 Å². The van der Waals surface area contributed by atoms with E-state index >= 15 is 0 Å². The highest BCUT2D eigenvalue weighted by atomic mass is 35.5. The Hall–Kier alpha value is -1.29. The largest absolute Gasteiger partial charge is 0.370 e. The van der Waals surface area contributed by atoms with Gasteiger partial charge in [0, 0.05) is 12.6 Å². The molecule has 2 atom stereocenters. The number of hydrogen-bond donors (Lipinski definition) is 2. The van der Waals surface area contributed by atoms with Gasteiger partial charge in [-0.1, -0.05) is 38.3 Å². The average Bonchev–Trinajstić information content (AvgIpc) is 2.46. The van der Waals surface area contributed by atoms with E-state index in [2.05, 4.69) is 29.5 Å². The smallest absolute Gasteiger partial charge is 0.271 e. The Morgan fingerprint density at radius 1 is 1.43 bits per heavy atom. The lowest BCUT2D eigenvalue weighted by atomic mass is 9.87. The van der Waals surface area contributed by atoms with E-state index in [0.717, 1.165) is 25.8 Å². The summed E-state index contributed by atoms with van der Waals surface area (Å²) in [6.07, 6.45) is 5.51. The second-order valence-electron chi connectivity index (χ2n) is 5.90. The van der Waals surface area contributed by atoms with Crippen LogP contribution in [0.2, 0.25) is 5.02 Å². The first-order valence-electron chi connectivity index (χ1n) is 7.81. The third-order valence-electron chi connectivity index (χ3n) is 3.89. The van der Waals surface area contributed by atoms with Crippen LogP contribution >= 0.6 is 11.6 Å². The number of nitrogens with one attached hydrogen (secondary N) is 2. The molecular weight excluding hydrogens is 286 g/mol. The van der Waals surface area contributed by atoms with Crippen molar-refractivity contribution in [1.29, 1.82) is 0 Å². The monoisotopic (exact) mass is 309 g/mol. The molecule has 0 bridgehead atoms. The summed E-state index contributed by atoms with van der Waals surface area (Å²) < 4.78 is 0. The molecule has 116 valence electrons. The molecule has 0 saturated heterocycles. The Bertz CT molecular complexity index is 492. The van der Waals surface area contributed by atoms with E-state index in [0.29, 0.717) is 22.5 Å². The minimum absolute atomic E-state index is 0.167. The number of pyridine rings is 1. The first-order chi connectivity index (χ1) is 10.1. The minimum Gasteiger partial charge on any atom is -0.370 e. The van der Waals surface area contributed by atoms with Gasteiger partial charge < -0.3 is 10.6 Å². The summed E-state index contributed by atoms with van der Waals surface area (Å²) in [6, 6.07) is 3.77. The fourth-order valence-electron chi connectivity index (χ4n) is 2.77. The van der Waals surface area contributed by atoms with Crippen LogP contribution in [-0.4, -0.2) is 23.5 Å². The zero-order valence-corrected chi connectivity index (χ0v) is 13.5. The number of halogens is 1. The predicted molar refractivity (Wildman–Crippen MR) is 86.9 cm³/mol. The van der Waals surface area contributed by atoms with Crippen molar-refractivity contribution in [2.75, 3.05) is 11.9 Å². The van der Waals surface area contributed by atoms with Gasteiger partial charge in [-0.05, 0) is 37.3 Å². The van der Waals surface area contributed by atoms with Crippen LogP contribution in [0.15, 0.2) is 12.1 Å². The number of carbonyl (C=O) groups excluding carboxylic acids is 1. The third-order valence-corrected chi connectivity index (χ3v) is 4.19. The molecule has 2 rings (SSSR count). The molecular formula is C16H24ClN3O. The summed E-state index contributed by atoms with van der Waals surface area (Å²) in [5, 5.41) is 6.66. The van der Waals surface area contributed by atoms with Crippen molar-refractivity contribution in [2.24, 2.45) is 5.92 Å². The van der Waals surface area contributed by atoms with Gasteiger partial charge in [0.15, 0.2) is 0 Å². The Balaban J connectivity index is 2.03. The second-order valence-corrected chi connectivity index (χ2v) is 6.30. The van der Waals surface area contributed by atoms with E-state index in [1.807, 2.05) is 0 Å². The molecule has 5 heteroatoms. The lowest BCUT2D eigenvalue weighted by molar-refractivity contribution is 0.0916. The van der Waals surface area contributed by atoms with Crippen LogP contribution in [0.3, 0.4) is 0 Å². The zero-order valence-electron chi connectivity index (χ0n) is 12.8. The van der Waals surface area contributed by atoms with Crippen LogP contribution in [0.1, 0.15) is 56.4 Å². The molecule has 21 heavy (non-hydrogen) atoms. The summed E-state index contributed by atoms with van der Waals surface area (Å²) in [5.74, 6) is 1.20. The molecule has 1 aromatic rings. The zero-order chi connectivity index (χ0) is 15.2. The van der Waals surface area contributed by atoms with Crippen LogP contribution in [0.4, 0.5) is 5.82 Å². The summed E-state index contributed by atoms with van der Waals surface area (Å²) in [6.45, 7) is 5.15. The molecule has 1 aliphatic carbocycles. The normalized spacial score (nSPS) is 21.9. The van der Waals surface area contributed by atoms with E-state index < -0.39 is 0 Å². The van der Waals surface area contributed by atoms with E-state index in [1.165, 1.54) is 12.8 Å². The molecule has 0 radical (unpaired) electrons. The molecule has 0 aliphatic heterocycles. The van der Waals surface area contributed by atoms with Crippen molar-refractivity contribution in [3.63, 3.8) is 0 Å². The quantitative estimate of drug-likeness (QED) is 0.868. The van der Waals surface area contributed by atoms with Crippen LogP contribution in [0, 0.1) is 5.92 Å². The summed E-state index contributed by atoms with van der Waals surface area (Å²) in [5.41, 5.74) is 0.316. The molecule has 0 spiro atoms. The summed E-state index contributed by atoms with van der Waals surface area (Å²) in [7, 11) is 0. The molecule has 1 amide bonds. The van der Waals surface area contributed by atoms with Gasteiger partial charge in [0.25, 0.3) is 5.91 Å².